The van der Waals surface area contributed by atoms with E-state index in [9.17, 15) is 14.0 Å². The average molecular weight is 385 g/mol. The smallest absolute Gasteiger partial charge is 0.241 e. The highest BCUT2D eigenvalue weighted by Crippen LogP contribution is 2.26. The Balaban J connectivity index is 1.96. The molecule has 2 amide bonds. The molecule has 0 saturated heterocycles. The van der Waals surface area contributed by atoms with Crippen molar-refractivity contribution in [2.24, 2.45) is 0 Å². The molecule has 28 heavy (non-hydrogen) atoms. The minimum Gasteiger partial charge on any atom is -0.325 e. The lowest BCUT2D eigenvalue weighted by Gasteiger charge is -2.24. The molecule has 0 bridgehead atoms. The first-order valence-electron chi connectivity index (χ1n) is 9.47. The standard InChI is InChI=1S/C22H28FN3O2/c1-5-15(2)19-11-6-7-12-20(19)25-22(28)16(3)26(4)14-21(27)24-18-10-8-9-17(23)13-18/h6-13,15-16H,5,14H2,1-4H3,(H,24,27)(H,25,28)/t15-,16+/m1/s1. The first kappa shape index (κ1) is 21.6. The minimum atomic E-state index is -0.511. The number of rotatable bonds is 8. The van der Waals surface area contributed by atoms with Gasteiger partial charge in [0.25, 0.3) is 0 Å². The molecular formula is C22H28FN3O2. The van der Waals surface area contributed by atoms with Crippen molar-refractivity contribution in [1.29, 1.82) is 0 Å². The molecule has 0 aliphatic carbocycles. The van der Waals surface area contributed by atoms with Gasteiger partial charge in [-0.15, -0.1) is 0 Å². The summed E-state index contributed by atoms with van der Waals surface area (Å²) < 4.78 is 13.2. The van der Waals surface area contributed by atoms with Crippen LogP contribution in [0.2, 0.25) is 0 Å². The summed E-state index contributed by atoms with van der Waals surface area (Å²) in [4.78, 5) is 26.5. The molecule has 0 fully saturated rings. The van der Waals surface area contributed by atoms with Gasteiger partial charge in [-0.25, -0.2) is 4.39 Å². The molecule has 0 heterocycles. The van der Waals surface area contributed by atoms with Gasteiger partial charge in [0.15, 0.2) is 0 Å². The van der Waals surface area contributed by atoms with Crippen LogP contribution in [0.1, 0.15) is 38.7 Å². The van der Waals surface area contributed by atoms with Gasteiger partial charge in [0, 0.05) is 11.4 Å². The van der Waals surface area contributed by atoms with Crippen LogP contribution >= 0.6 is 0 Å². The highest BCUT2D eigenvalue weighted by atomic mass is 19.1. The second-order valence-electron chi connectivity index (χ2n) is 7.04. The second kappa shape index (κ2) is 9.99. The van der Waals surface area contributed by atoms with E-state index in [1.165, 1.54) is 18.2 Å². The molecule has 6 heteroatoms. The van der Waals surface area contributed by atoms with Crippen LogP contribution in [0.4, 0.5) is 15.8 Å². The van der Waals surface area contributed by atoms with Crippen molar-refractivity contribution in [3.05, 3.63) is 59.9 Å². The summed E-state index contributed by atoms with van der Waals surface area (Å²) in [5.41, 5.74) is 2.28. The molecule has 0 unspecified atom stereocenters. The topological polar surface area (TPSA) is 61.4 Å². The number of carbonyl (C=O) groups excluding carboxylic acids is 2. The second-order valence-corrected chi connectivity index (χ2v) is 7.04. The number of benzene rings is 2. The Morgan fingerprint density at radius 3 is 2.46 bits per heavy atom. The molecule has 0 radical (unpaired) electrons. The van der Waals surface area contributed by atoms with Gasteiger partial charge in [0.05, 0.1) is 12.6 Å². The van der Waals surface area contributed by atoms with E-state index < -0.39 is 11.9 Å². The summed E-state index contributed by atoms with van der Waals surface area (Å²) in [5, 5.41) is 5.61. The average Bonchev–Trinajstić information content (AvgIpc) is 2.67. The van der Waals surface area contributed by atoms with Crippen LogP contribution in [-0.4, -0.2) is 36.3 Å². The molecule has 2 aromatic rings. The lowest BCUT2D eigenvalue weighted by Crippen LogP contribution is -2.43. The Labute approximate surface area is 165 Å². The van der Waals surface area contributed by atoms with E-state index in [-0.39, 0.29) is 18.4 Å². The quantitative estimate of drug-likeness (QED) is 0.715. The molecule has 0 saturated carbocycles. The first-order chi connectivity index (χ1) is 13.3. The first-order valence-corrected chi connectivity index (χ1v) is 9.47. The normalized spacial score (nSPS) is 13.1. The van der Waals surface area contributed by atoms with Crippen LogP contribution in [0.5, 0.6) is 0 Å². The fourth-order valence-electron chi connectivity index (χ4n) is 2.83. The fraction of sp³-hybridized carbons (Fsp3) is 0.364. The molecule has 150 valence electrons. The van der Waals surface area contributed by atoms with Crippen LogP contribution in [0.25, 0.3) is 0 Å². The predicted molar refractivity (Wildman–Crippen MR) is 111 cm³/mol. The molecule has 5 nitrogen and oxygen atoms in total. The summed E-state index contributed by atoms with van der Waals surface area (Å²) >= 11 is 0. The van der Waals surface area contributed by atoms with Gasteiger partial charge in [0.1, 0.15) is 5.82 Å². The maximum Gasteiger partial charge on any atom is 0.241 e. The third-order valence-corrected chi connectivity index (χ3v) is 4.90. The fourth-order valence-corrected chi connectivity index (χ4v) is 2.83. The number of anilines is 2. The van der Waals surface area contributed by atoms with Gasteiger partial charge in [-0.2, -0.15) is 0 Å². The van der Waals surface area contributed by atoms with E-state index in [0.717, 1.165) is 17.7 Å². The van der Waals surface area contributed by atoms with Gasteiger partial charge >= 0.3 is 0 Å². The summed E-state index contributed by atoms with van der Waals surface area (Å²) in [6, 6.07) is 13.0. The number of hydrogen-bond acceptors (Lipinski definition) is 3. The van der Waals surface area contributed by atoms with Crippen molar-refractivity contribution in [2.45, 2.75) is 39.2 Å². The van der Waals surface area contributed by atoms with Crippen molar-refractivity contribution in [2.75, 3.05) is 24.2 Å². The van der Waals surface area contributed by atoms with Crippen LogP contribution in [0.15, 0.2) is 48.5 Å². The van der Waals surface area contributed by atoms with E-state index >= 15 is 0 Å². The lowest BCUT2D eigenvalue weighted by molar-refractivity contribution is -0.122. The number of nitrogens with one attached hydrogen (secondary N) is 2. The van der Waals surface area contributed by atoms with Crippen LogP contribution in [-0.2, 0) is 9.59 Å². The molecule has 0 spiro atoms. The Hall–Kier alpha value is -2.73. The third-order valence-electron chi connectivity index (χ3n) is 4.90. The largest absolute Gasteiger partial charge is 0.325 e. The number of para-hydroxylation sites is 1. The molecule has 0 aliphatic rings. The molecule has 2 rings (SSSR count). The number of hydrogen-bond donors (Lipinski definition) is 2. The zero-order chi connectivity index (χ0) is 20.7. The minimum absolute atomic E-state index is 0.0120. The highest BCUT2D eigenvalue weighted by Gasteiger charge is 2.21. The number of nitrogens with zero attached hydrogens (tertiary/aromatic N) is 1. The van der Waals surface area contributed by atoms with E-state index in [2.05, 4.69) is 24.5 Å². The zero-order valence-electron chi connectivity index (χ0n) is 16.8. The summed E-state index contributed by atoms with van der Waals surface area (Å²) in [7, 11) is 1.70. The maximum absolute atomic E-state index is 13.2. The van der Waals surface area contributed by atoms with Gasteiger partial charge in [0.2, 0.25) is 11.8 Å². The summed E-state index contributed by atoms with van der Waals surface area (Å²) in [6.07, 6.45) is 0.975. The SMILES string of the molecule is CC[C@@H](C)c1ccccc1NC(=O)[C@H](C)N(C)CC(=O)Nc1cccc(F)c1. The summed E-state index contributed by atoms with van der Waals surface area (Å²) in [5.74, 6) is -0.579. The zero-order valence-corrected chi connectivity index (χ0v) is 16.8. The maximum atomic E-state index is 13.2. The number of likely N-dealkylation sites (N-methyl/N-ethyl adjacent to an activating group) is 1. The van der Waals surface area contributed by atoms with Crippen LogP contribution in [0.3, 0.4) is 0 Å². The number of carbonyl (C=O) groups is 2. The molecule has 2 atom stereocenters. The Morgan fingerprint density at radius 2 is 1.79 bits per heavy atom. The summed E-state index contributed by atoms with van der Waals surface area (Å²) in [6.45, 7) is 5.99. The molecule has 2 N–H and O–H groups in total. The van der Waals surface area contributed by atoms with Crippen molar-refractivity contribution in [3.63, 3.8) is 0 Å². The van der Waals surface area contributed by atoms with Gasteiger partial charge < -0.3 is 10.6 Å². The van der Waals surface area contributed by atoms with Crippen LogP contribution in [0, 0.1) is 5.82 Å². The van der Waals surface area contributed by atoms with Crippen molar-refractivity contribution in [3.8, 4) is 0 Å². The molecule has 2 aromatic carbocycles. The Kier molecular flexibility index (Phi) is 7.70. The van der Waals surface area contributed by atoms with E-state index in [1.807, 2.05) is 24.3 Å². The van der Waals surface area contributed by atoms with Gasteiger partial charge in [-0.1, -0.05) is 38.1 Å². The van der Waals surface area contributed by atoms with E-state index in [1.54, 1.807) is 24.9 Å². The predicted octanol–water partition coefficient (Wildman–Crippen LogP) is 4.24. The number of halogens is 1. The molecule has 0 aliphatic heterocycles. The number of amides is 2. The van der Waals surface area contributed by atoms with E-state index in [4.69, 9.17) is 0 Å². The van der Waals surface area contributed by atoms with Crippen LogP contribution < -0.4 is 10.6 Å². The third kappa shape index (κ3) is 5.89. The van der Waals surface area contributed by atoms with Crippen molar-refractivity contribution >= 4 is 23.2 Å². The lowest BCUT2D eigenvalue weighted by atomic mass is 9.97. The highest BCUT2D eigenvalue weighted by molar-refractivity contribution is 5.96. The monoisotopic (exact) mass is 385 g/mol. The van der Waals surface area contributed by atoms with Gasteiger partial charge in [-0.3, -0.25) is 14.5 Å². The van der Waals surface area contributed by atoms with Crippen molar-refractivity contribution < 1.29 is 14.0 Å². The Bertz CT molecular complexity index is 825. The van der Waals surface area contributed by atoms with Crippen molar-refractivity contribution in [1.82, 2.24) is 4.90 Å². The Morgan fingerprint density at radius 1 is 1.07 bits per heavy atom. The van der Waals surface area contributed by atoms with Gasteiger partial charge in [-0.05, 0) is 56.1 Å². The molecule has 0 aromatic heterocycles. The molecular weight excluding hydrogens is 357 g/mol. The van der Waals surface area contributed by atoms with E-state index in [0.29, 0.717) is 11.6 Å².